The summed E-state index contributed by atoms with van der Waals surface area (Å²) in [6.07, 6.45) is -0.349. The van der Waals surface area contributed by atoms with Crippen LogP contribution < -0.4 is 5.32 Å². The van der Waals surface area contributed by atoms with Gasteiger partial charge in [0.2, 0.25) is 0 Å². The number of benzene rings is 2. The maximum atomic E-state index is 12.0. The molecule has 0 saturated carbocycles. The Kier molecular flexibility index (Phi) is 5.14. The minimum atomic E-state index is -0.764. The summed E-state index contributed by atoms with van der Waals surface area (Å²) >= 11 is 0. The normalized spacial score (nSPS) is 11.5. The lowest BCUT2D eigenvalue weighted by Crippen LogP contribution is -2.37. The number of hydrogen-bond donors (Lipinski definition) is 2. The van der Waals surface area contributed by atoms with Gasteiger partial charge in [0, 0.05) is 12.0 Å². The molecule has 0 heterocycles. The molecule has 0 bridgehead atoms. The zero-order valence-corrected chi connectivity index (χ0v) is 12.2. The zero-order chi connectivity index (χ0) is 15.9. The van der Waals surface area contributed by atoms with Gasteiger partial charge in [0.25, 0.3) is 5.91 Å². The van der Waals surface area contributed by atoms with E-state index in [-0.39, 0.29) is 17.2 Å². The van der Waals surface area contributed by atoms with Crippen molar-refractivity contribution in [2.45, 2.75) is 19.6 Å². The van der Waals surface area contributed by atoms with E-state index >= 15 is 0 Å². The first-order valence-electron chi connectivity index (χ1n) is 6.96. The maximum Gasteiger partial charge on any atom is 0.343 e. The van der Waals surface area contributed by atoms with Crippen LogP contribution in [0.1, 0.15) is 34.1 Å². The van der Waals surface area contributed by atoms with Gasteiger partial charge >= 0.3 is 5.97 Å². The summed E-state index contributed by atoms with van der Waals surface area (Å²) < 4.78 is 5.23. The summed E-state index contributed by atoms with van der Waals surface area (Å²) in [5, 5.41) is 12.3. The van der Waals surface area contributed by atoms with Crippen LogP contribution in [0.5, 0.6) is 5.75 Å². The number of aromatic hydroxyl groups is 1. The van der Waals surface area contributed by atoms with E-state index in [0.29, 0.717) is 12.0 Å². The van der Waals surface area contributed by atoms with E-state index in [4.69, 9.17) is 4.74 Å². The molecule has 0 aliphatic carbocycles. The number of phenolic OH excluding ortho intramolecular Hbond substituents is 1. The average Bonchev–Trinajstić information content (AvgIpc) is 2.55. The molecular formula is C17H17NO4. The number of carbonyl (C=O) groups is 2. The highest BCUT2D eigenvalue weighted by molar-refractivity contribution is 5.95. The van der Waals surface area contributed by atoms with Crippen LogP contribution in [0.3, 0.4) is 0 Å². The number of amides is 1. The first kappa shape index (κ1) is 15.6. The topological polar surface area (TPSA) is 75.6 Å². The Balaban J connectivity index is 2.02. The van der Waals surface area contributed by atoms with Crippen molar-refractivity contribution >= 4 is 11.9 Å². The molecule has 5 heteroatoms. The van der Waals surface area contributed by atoms with Crippen LogP contribution in [0.15, 0.2) is 54.6 Å². The van der Waals surface area contributed by atoms with E-state index in [2.05, 4.69) is 5.32 Å². The minimum Gasteiger partial charge on any atom is -0.507 e. The molecule has 22 heavy (non-hydrogen) atoms. The summed E-state index contributed by atoms with van der Waals surface area (Å²) in [6, 6.07) is 14.8. The molecule has 0 radical (unpaired) electrons. The summed E-state index contributed by atoms with van der Waals surface area (Å²) in [6.45, 7) is 1.79. The summed E-state index contributed by atoms with van der Waals surface area (Å²) in [5.74, 6) is -1.16. The van der Waals surface area contributed by atoms with Crippen molar-refractivity contribution in [1.82, 2.24) is 5.32 Å². The molecular weight excluding hydrogens is 282 g/mol. The van der Waals surface area contributed by atoms with E-state index < -0.39 is 12.2 Å². The predicted octanol–water partition coefficient (Wildman–Crippen LogP) is 2.72. The number of ether oxygens (including phenoxy) is 1. The Morgan fingerprint density at radius 3 is 2.36 bits per heavy atom. The Morgan fingerprint density at radius 1 is 1.09 bits per heavy atom. The summed E-state index contributed by atoms with van der Waals surface area (Å²) in [4.78, 5) is 24.1. The molecule has 5 nitrogen and oxygen atoms in total. The predicted molar refractivity (Wildman–Crippen MR) is 81.5 cm³/mol. The van der Waals surface area contributed by atoms with Crippen molar-refractivity contribution in [1.29, 1.82) is 0 Å². The second kappa shape index (κ2) is 7.26. The third-order valence-corrected chi connectivity index (χ3v) is 3.07. The lowest BCUT2D eigenvalue weighted by Gasteiger charge is -2.18. The minimum absolute atomic E-state index is 0.0647. The van der Waals surface area contributed by atoms with Gasteiger partial charge in [0.1, 0.15) is 11.3 Å². The first-order valence-corrected chi connectivity index (χ1v) is 6.96. The molecule has 1 atom stereocenters. The van der Waals surface area contributed by atoms with Crippen LogP contribution in [0.4, 0.5) is 0 Å². The van der Waals surface area contributed by atoms with Gasteiger partial charge < -0.3 is 15.2 Å². The maximum absolute atomic E-state index is 12.0. The Bertz CT molecular complexity index is 655. The fraction of sp³-hybridized carbons (Fsp3) is 0.176. The summed E-state index contributed by atoms with van der Waals surface area (Å²) in [5.41, 5.74) is 0.550. The van der Waals surface area contributed by atoms with Crippen molar-refractivity contribution in [2.75, 3.05) is 0 Å². The molecule has 0 saturated heterocycles. The fourth-order valence-electron chi connectivity index (χ4n) is 1.87. The molecule has 2 N–H and O–H groups in total. The molecule has 0 fully saturated rings. The van der Waals surface area contributed by atoms with Crippen molar-refractivity contribution in [2.24, 2.45) is 0 Å². The largest absolute Gasteiger partial charge is 0.507 e. The quantitative estimate of drug-likeness (QED) is 0.657. The van der Waals surface area contributed by atoms with Crippen LogP contribution in [-0.2, 0) is 4.74 Å². The molecule has 0 aliphatic rings. The SMILES string of the molecule is CCC(NC(=O)c1ccccc1)OC(=O)c1ccccc1O. The highest BCUT2D eigenvalue weighted by Gasteiger charge is 2.19. The van der Waals surface area contributed by atoms with Crippen LogP contribution in [0.25, 0.3) is 0 Å². The van der Waals surface area contributed by atoms with E-state index in [0.717, 1.165) is 0 Å². The van der Waals surface area contributed by atoms with Crippen molar-refractivity contribution < 1.29 is 19.4 Å². The van der Waals surface area contributed by atoms with Gasteiger partial charge in [-0.25, -0.2) is 4.79 Å². The molecule has 1 amide bonds. The van der Waals surface area contributed by atoms with Gasteiger partial charge in [0.15, 0.2) is 6.23 Å². The van der Waals surface area contributed by atoms with Crippen molar-refractivity contribution in [3.8, 4) is 5.75 Å². The lowest BCUT2D eigenvalue weighted by atomic mass is 10.2. The molecule has 0 aliphatic heterocycles. The van der Waals surface area contributed by atoms with E-state index in [1.165, 1.54) is 12.1 Å². The number of rotatable bonds is 5. The van der Waals surface area contributed by atoms with Gasteiger partial charge in [0.05, 0.1) is 0 Å². The van der Waals surface area contributed by atoms with Gasteiger partial charge in [-0.1, -0.05) is 37.3 Å². The zero-order valence-electron chi connectivity index (χ0n) is 12.2. The fourth-order valence-corrected chi connectivity index (χ4v) is 1.87. The van der Waals surface area contributed by atoms with E-state index in [1.807, 2.05) is 6.07 Å². The summed E-state index contributed by atoms with van der Waals surface area (Å²) in [7, 11) is 0. The first-order chi connectivity index (χ1) is 10.6. The second-order valence-corrected chi connectivity index (χ2v) is 4.66. The van der Waals surface area contributed by atoms with Crippen LogP contribution in [-0.4, -0.2) is 23.2 Å². The Labute approximate surface area is 128 Å². The van der Waals surface area contributed by atoms with Gasteiger partial charge in [-0.05, 0) is 24.3 Å². The molecule has 114 valence electrons. The average molecular weight is 299 g/mol. The van der Waals surface area contributed by atoms with Crippen molar-refractivity contribution in [3.63, 3.8) is 0 Å². The molecule has 2 rings (SSSR count). The number of nitrogens with one attached hydrogen (secondary N) is 1. The van der Waals surface area contributed by atoms with E-state index in [9.17, 15) is 14.7 Å². The van der Waals surface area contributed by atoms with Crippen molar-refractivity contribution in [3.05, 3.63) is 65.7 Å². The van der Waals surface area contributed by atoms with E-state index in [1.54, 1.807) is 43.3 Å². The number of esters is 1. The number of para-hydroxylation sites is 1. The number of hydrogen-bond acceptors (Lipinski definition) is 4. The highest BCUT2D eigenvalue weighted by Crippen LogP contribution is 2.17. The van der Waals surface area contributed by atoms with Crippen LogP contribution in [0.2, 0.25) is 0 Å². The Morgan fingerprint density at radius 2 is 1.73 bits per heavy atom. The molecule has 2 aromatic rings. The third-order valence-electron chi connectivity index (χ3n) is 3.07. The molecule has 0 aromatic heterocycles. The van der Waals surface area contributed by atoms with Crippen LogP contribution >= 0.6 is 0 Å². The molecule has 2 aromatic carbocycles. The van der Waals surface area contributed by atoms with Gasteiger partial charge in [-0.3, -0.25) is 4.79 Å². The molecule has 0 spiro atoms. The van der Waals surface area contributed by atoms with Crippen LogP contribution in [0, 0.1) is 0 Å². The van der Waals surface area contributed by atoms with Gasteiger partial charge in [-0.2, -0.15) is 0 Å². The number of phenols is 1. The standard InChI is InChI=1S/C17H17NO4/c1-2-15(18-16(20)12-8-4-3-5-9-12)22-17(21)13-10-6-7-11-14(13)19/h3-11,15,19H,2H2,1H3,(H,18,20). The van der Waals surface area contributed by atoms with Gasteiger partial charge in [-0.15, -0.1) is 0 Å². The third kappa shape index (κ3) is 3.85. The number of carbonyl (C=O) groups excluding carboxylic acids is 2. The monoisotopic (exact) mass is 299 g/mol. The highest BCUT2D eigenvalue weighted by atomic mass is 16.6. The second-order valence-electron chi connectivity index (χ2n) is 4.66. The lowest BCUT2D eigenvalue weighted by molar-refractivity contribution is 0.0204. The molecule has 1 unspecified atom stereocenters. The Hall–Kier alpha value is -2.82. The smallest absolute Gasteiger partial charge is 0.343 e.